The van der Waals surface area contributed by atoms with E-state index in [1.807, 2.05) is 11.8 Å². The Labute approximate surface area is 124 Å². The third kappa shape index (κ3) is 3.14. The van der Waals surface area contributed by atoms with Crippen LogP contribution in [0.3, 0.4) is 0 Å². The molecule has 21 heavy (non-hydrogen) atoms. The Morgan fingerprint density at radius 3 is 2.76 bits per heavy atom. The molecule has 2 aliphatic heterocycles. The second-order valence-corrected chi connectivity index (χ2v) is 5.55. The van der Waals surface area contributed by atoms with Gasteiger partial charge in [-0.3, -0.25) is 9.69 Å². The van der Waals surface area contributed by atoms with Crippen molar-refractivity contribution in [2.75, 3.05) is 45.1 Å². The highest BCUT2D eigenvalue weighted by Gasteiger charge is 2.35. The lowest BCUT2D eigenvalue weighted by Crippen LogP contribution is -2.51. The molecule has 0 bridgehead atoms. The molecule has 2 N–H and O–H groups in total. The predicted octanol–water partition coefficient (Wildman–Crippen LogP) is -0.0272. The summed E-state index contributed by atoms with van der Waals surface area (Å²) in [6, 6.07) is 1.81. The maximum absolute atomic E-state index is 12.4. The van der Waals surface area contributed by atoms with Crippen LogP contribution in [0.1, 0.15) is 24.0 Å². The zero-order chi connectivity index (χ0) is 14.8. The molecule has 7 heteroatoms. The van der Waals surface area contributed by atoms with Crippen LogP contribution >= 0.6 is 0 Å². The van der Waals surface area contributed by atoms with Gasteiger partial charge in [0.25, 0.3) is 0 Å². The number of amides is 1. The molecule has 0 aromatic carbocycles. The van der Waals surface area contributed by atoms with Gasteiger partial charge in [0.1, 0.15) is 11.6 Å². The SMILES string of the molecule is Cc1nc(N)cc(C2CCN2C(=O)CN2CCOCC2)n1. The first-order chi connectivity index (χ1) is 10.1. The molecular weight excluding hydrogens is 270 g/mol. The van der Waals surface area contributed by atoms with Gasteiger partial charge in [0.05, 0.1) is 31.5 Å². The van der Waals surface area contributed by atoms with Gasteiger partial charge in [0.15, 0.2) is 0 Å². The molecule has 2 aliphatic rings. The second kappa shape index (κ2) is 5.95. The van der Waals surface area contributed by atoms with Crippen LogP contribution < -0.4 is 5.73 Å². The number of likely N-dealkylation sites (tertiary alicyclic amines) is 1. The Morgan fingerprint density at radius 2 is 2.14 bits per heavy atom. The minimum Gasteiger partial charge on any atom is -0.384 e. The Morgan fingerprint density at radius 1 is 1.38 bits per heavy atom. The number of anilines is 1. The minimum absolute atomic E-state index is 0.0440. The molecule has 7 nitrogen and oxygen atoms in total. The van der Waals surface area contributed by atoms with Gasteiger partial charge in [-0.05, 0) is 13.3 Å². The van der Waals surface area contributed by atoms with Gasteiger partial charge >= 0.3 is 0 Å². The molecule has 0 saturated carbocycles. The summed E-state index contributed by atoms with van der Waals surface area (Å²) in [5.41, 5.74) is 6.62. The molecule has 3 rings (SSSR count). The van der Waals surface area contributed by atoms with Gasteiger partial charge in [-0.1, -0.05) is 0 Å². The van der Waals surface area contributed by atoms with E-state index in [9.17, 15) is 4.79 Å². The van der Waals surface area contributed by atoms with Gasteiger partial charge in [-0.15, -0.1) is 0 Å². The van der Waals surface area contributed by atoms with Crippen molar-refractivity contribution in [2.24, 2.45) is 0 Å². The Bertz CT molecular complexity index is 510. The molecule has 1 aromatic heterocycles. The smallest absolute Gasteiger partial charge is 0.237 e. The fraction of sp³-hybridized carbons (Fsp3) is 0.643. The Kier molecular flexibility index (Phi) is 4.03. The predicted molar refractivity (Wildman–Crippen MR) is 77.5 cm³/mol. The summed E-state index contributed by atoms with van der Waals surface area (Å²) in [6.07, 6.45) is 0.935. The highest BCUT2D eigenvalue weighted by molar-refractivity contribution is 5.79. The van der Waals surface area contributed by atoms with Crippen LogP contribution in [0.15, 0.2) is 6.07 Å². The molecule has 0 radical (unpaired) electrons. The van der Waals surface area contributed by atoms with E-state index < -0.39 is 0 Å². The van der Waals surface area contributed by atoms with Crippen molar-refractivity contribution < 1.29 is 9.53 Å². The number of aromatic nitrogens is 2. The highest BCUT2D eigenvalue weighted by Crippen LogP contribution is 2.32. The van der Waals surface area contributed by atoms with Crippen molar-refractivity contribution in [1.29, 1.82) is 0 Å². The number of hydrogen-bond acceptors (Lipinski definition) is 6. The van der Waals surface area contributed by atoms with Gasteiger partial charge in [0, 0.05) is 25.7 Å². The van der Waals surface area contributed by atoms with E-state index in [1.54, 1.807) is 6.07 Å². The number of hydrogen-bond donors (Lipinski definition) is 1. The average molecular weight is 291 g/mol. The maximum Gasteiger partial charge on any atom is 0.237 e. The van der Waals surface area contributed by atoms with Crippen LogP contribution in [0.2, 0.25) is 0 Å². The summed E-state index contributed by atoms with van der Waals surface area (Å²) in [7, 11) is 0. The van der Waals surface area contributed by atoms with Gasteiger partial charge in [-0.2, -0.15) is 0 Å². The van der Waals surface area contributed by atoms with Crippen molar-refractivity contribution >= 4 is 11.7 Å². The monoisotopic (exact) mass is 291 g/mol. The lowest BCUT2D eigenvalue weighted by molar-refractivity contribution is -0.141. The van der Waals surface area contributed by atoms with Crippen LogP contribution in [0.25, 0.3) is 0 Å². The summed E-state index contributed by atoms with van der Waals surface area (Å²) < 4.78 is 5.30. The molecule has 2 fully saturated rings. The summed E-state index contributed by atoms with van der Waals surface area (Å²) in [4.78, 5) is 24.9. The lowest BCUT2D eigenvalue weighted by atomic mass is 9.99. The first-order valence-corrected chi connectivity index (χ1v) is 7.34. The number of rotatable bonds is 3. The maximum atomic E-state index is 12.4. The average Bonchev–Trinajstić information content (AvgIpc) is 2.37. The number of aryl methyl sites for hydroxylation is 1. The fourth-order valence-electron chi connectivity index (χ4n) is 2.82. The molecule has 2 saturated heterocycles. The first-order valence-electron chi connectivity index (χ1n) is 7.34. The Hall–Kier alpha value is -1.73. The van der Waals surface area contributed by atoms with Crippen LogP contribution in [0.5, 0.6) is 0 Å². The number of carbonyl (C=O) groups excluding carboxylic acids is 1. The molecule has 0 aliphatic carbocycles. The van der Waals surface area contributed by atoms with E-state index in [0.717, 1.165) is 31.7 Å². The number of nitrogens with zero attached hydrogens (tertiary/aromatic N) is 4. The number of ether oxygens (including phenoxy) is 1. The molecule has 1 atom stereocenters. The number of nitrogens with two attached hydrogens (primary N) is 1. The number of carbonyl (C=O) groups is 1. The third-order valence-electron chi connectivity index (χ3n) is 4.02. The van der Waals surface area contributed by atoms with Crippen molar-refractivity contribution in [3.8, 4) is 0 Å². The summed E-state index contributed by atoms with van der Waals surface area (Å²) in [6.45, 7) is 6.12. The van der Waals surface area contributed by atoms with Crippen molar-refractivity contribution in [2.45, 2.75) is 19.4 Å². The van der Waals surface area contributed by atoms with E-state index in [2.05, 4.69) is 14.9 Å². The van der Waals surface area contributed by atoms with Crippen LogP contribution in [-0.2, 0) is 9.53 Å². The lowest BCUT2D eigenvalue weighted by Gasteiger charge is -2.42. The molecule has 114 valence electrons. The zero-order valence-electron chi connectivity index (χ0n) is 12.3. The molecule has 1 unspecified atom stereocenters. The van der Waals surface area contributed by atoms with Gasteiger partial charge in [-0.25, -0.2) is 9.97 Å². The van der Waals surface area contributed by atoms with Crippen LogP contribution in [-0.4, -0.2) is 65.1 Å². The summed E-state index contributed by atoms with van der Waals surface area (Å²) in [5.74, 6) is 1.27. The van der Waals surface area contributed by atoms with E-state index in [4.69, 9.17) is 10.5 Å². The minimum atomic E-state index is 0.0440. The van der Waals surface area contributed by atoms with E-state index >= 15 is 0 Å². The van der Waals surface area contributed by atoms with Crippen LogP contribution in [0.4, 0.5) is 5.82 Å². The van der Waals surface area contributed by atoms with Crippen molar-refractivity contribution in [3.63, 3.8) is 0 Å². The van der Waals surface area contributed by atoms with E-state index in [1.165, 1.54) is 0 Å². The third-order valence-corrected chi connectivity index (χ3v) is 4.02. The van der Waals surface area contributed by atoms with Gasteiger partial charge in [0.2, 0.25) is 5.91 Å². The molecular formula is C14H21N5O2. The standard InChI is InChI=1S/C14H21N5O2/c1-10-16-11(8-13(15)17-10)12-2-3-19(12)14(20)9-18-4-6-21-7-5-18/h8,12H,2-7,9H2,1H3,(H2,15,16,17). The van der Waals surface area contributed by atoms with E-state index in [-0.39, 0.29) is 11.9 Å². The van der Waals surface area contributed by atoms with Crippen molar-refractivity contribution in [1.82, 2.24) is 19.8 Å². The second-order valence-electron chi connectivity index (χ2n) is 5.55. The van der Waals surface area contributed by atoms with Crippen molar-refractivity contribution in [3.05, 3.63) is 17.6 Å². The fourth-order valence-corrected chi connectivity index (χ4v) is 2.82. The first kappa shape index (κ1) is 14.2. The zero-order valence-corrected chi connectivity index (χ0v) is 12.3. The van der Waals surface area contributed by atoms with Gasteiger partial charge < -0.3 is 15.4 Å². The largest absolute Gasteiger partial charge is 0.384 e. The topological polar surface area (TPSA) is 84.6 Å². The van der Waals surface area contributed by atoms with E-state index in [0.29, 0.717) is 31.4 Å². The summed E-state index contributed by atoms with van der Waals surface area (Å²) in [5, 5.41) is 0. The number of nitrogen functional groups attached to an aromatic ring is 1. The normalized spacial score (nSPS) is 22.9. The van der Waals surface area contributed by atoms with Crippen LogP contribution in [0, 0.1) is 6.92 Å². The quantitative estimate of drug-likeness (QED) is 0.842. The number of morpholine rings is 1. The molecule has 3 heterocycles. The Balaban J connectivity index is 1.64. The highest BCUT2D eigenvalue weighted by atomic mass is 16.5. The molecule has 0 spiro atoms. The molecule has 1 amide bonds. The molecule has 1 aromatic rings. The summed E-state index contributed by atoms with van der Waals surface area (Å²) >= 11 is 0.